The summed E-state index contributed by atoms with van der Waals surface area (Å²) in [6.07, 6.45) is 0. The van der Waals surface area contributed by atoms with E-state index in [1.807, 2.05) is 38.1 Å². The van der Waals surface area contributed by atoms with Crippen LogP contribution in [0.3, 0.4) is 0 Å². The fourth-order valence-corrected chi connectivity index (χ4v) is 1.80. The van der Waals surface area contributed by atoms with E-state index >= 15 is 0 Å². The van der Waals surface area contributed by atoms with Gasteiger partial charge in [0.15, 0.2) is 6.04 Å². The van der Waals surface area contributed by atoms with E-state index in [-0.39, 0.29) is 5.41 Å². The summed E-state index contributed by atoms with van der Waals surface area (Å²) in [5, 5.41) is 11.2. The number of hydrogen-bond donors (Lipinski definition) is 3. The van der Waals surface area contributed by atoms with Crippen molar-refractivity contribution in [2.45, 2.75) is 25.3 Å². The highest BCUT2D eigenvalue weighted by atomic mass is 79.9. The van der Waals surface area contributed by atoms with Gasteiger partial charge in [0.1, 0.15) is 0 Å². The Morgan fingerprint density at radius 3 is 2.37 bits per heavy atom. The number of carboxylic acids is 1. The molecule has 0 heterocycles. The van der Waals surface area contributed by atoms with Crippen LogP contribution in [0.2, 0.25) is 0 Å². The Bertz CT molecular complexity index is 471. The number of amides is 1. The van der Waals surface area contributed by atoms with Crippen LogP contribution < -0.4 is 11.1 Å². The Hall–Kier alpha value is -1.40. The van der Waals surface area contributed by atoms with Crippen molar-refractivity contribution in [3.63, 3.8) is 0 Å². The third kappa shape index (κ3) is 4.33. The van der Waals surface area contributed by atoms with Gasteiger partial charge in [-0.2, -0.15) is 0 Å². The van der Waals surface area contributed by atoms with Crippen molar-refractivity contribution >= 4 is 27.8 Å². The van der Waals surface area contributed by atoms with Crippen LogP contribution in [-0.2, 0) is 15.0 Å². The van der Waals surface area contributed by atoms with Crippen LogP contribution in [0.1, 0.15) is 19.4 Å². The van der Waals surface area contributed by atoms with Crippen LogP contribution in [0.25, 0.3) is 0 Å². The van der Waals surface area contributed by atoms with Crippen LogP contribution in [0.5, 0.6) is 0 Å². The maximum absolute atomic E-state index is 11.5. The zero-order chi connectivity index (χ0) is 14.6. The van der Waals surface area contributed by atoms with Gasteiger partial charge in [0, 0.05) is 16.4 Å². The predicted octanol–water partition coefficient (Wildman–Crippen LogP) is 1.25. The molecule has 6 heteroatoms. The average Bonchev–Trinajstić information content (AvgIpc) is 2.35. The minimum absolute atomic E-state index is 0.311. The second-order valence-corrected chi connectivity index (χ2v) is 5.84. The Balaban J connectivity index is 2.67. The fourth-order valence-electron chi connectivity index (χ4n) is 1.53. The molecule has 0 bridgehead atoms. The lowest BCUT2D eigenvalue weighted by molar-refractivity contribution is -0.142. The molecule has 0 aliphatic rings. The minimum Gasteiger partial charge on any atom is -0.480 e. The predicted molar refractivity (Wildman–Crippen MR) is 75.8 cm³/mol. The molecule has 5 nitrogen and oxygen atoms in total. The number of hydrogen-bond acceptors (Lipinski definition) is 3. The highest BCUT2D eigenvalue weighted by Crippen LogP contribution is 2.23. The molecular weight excluding hydrogens is 312 g/mol. The van der Waals surface area contributed by atoms with Gasteiger partial charge in [-0.1, -0.05) is 41.9 Å². The number of aliphatic carboxylic acids is 1. The van der Waals surface area contributed by atoms with Gasteiger partial charge in [0.05, 0.1) is 0 Å². The van der Waals surface area contributed by atoms with Crippen LogP contribution in [0.15, 0.2) is 28.7 Å². The van der Waals surface area contributed by atoms with Crippen LogP contribution in [-0.4, -0.2) is 29.6 Å². The topological polar surface area (TPSA) is 92.4 Å². The average molecular weight is 329 g/mol. The molecule has 0 spiro atoms. The molecule has 104 valence electrons. The van der Waals surface area contributed by atoms with E-state index in [9.17, 15) is 9.59 Å². The SMILES string of the molecule is CC(C)(CNC(=O)C(N)C(=O)O)c1ccc(Br)cc1. The molecule has 0 saturated carbocycles. The summed E-state index contributed by atoms with van der Waals surface area (Å²) in [5.74, 6) is -2.02. The quantitative estimate of drug-likeness (QED) is 0.709. The van der Waals surface area contributed by atoms with Gasteiger partial charge in [-0.3, -0.25) is 4.79 Å². The fraction of sp³-hybridized carbons (Fsp3) is 0.385. The highest BCUT2D eigenvalue weighted by Gasteiger charge is 2.25. The van der Waals surface area contributed by atoms with E-state index in [1.165, 1.54) is 0 Å². The van der Waals surface area contributed by atoms with Crippen LogP contribution >= 0.6 is 15.9 Å². The number of rotatable bonds is 5. The molecule has 1 amide bonds. The number of carbonyl (C=O) groups is 2. The molecule has 0 aliphatic carbocycles. The van der Waals surface area contributed by atoms with E-state index in [1.54, 1.807) is 0 Å². The Kier molecular flexibility index (Phi) is 5.08. The van der Waals surface area contributed by atoms with E-state index in [0.717, 1.165) is 10.0 Å². The normalized spacial score (nSPS) is 12.8. The molecule has 0 fully saturated rings. The Morgan fingerprint density at radius 2 is 1.89 bits per heavy atom. The maximum Gasteiger partial charge on any atom is 0.330 e. The number of carboxylic acid groups (broad SMARTS) is 1. The zero-order valence-electron chi connectivity index (χ0n) is 10.8. The molecule has 1 rings (SSSR count). The summed E-state index contributed by atoms with van der Waals surface area (Å²) in [4.78, 5) is 22.1. The second kappa shape index (κ2) is 6.16. The number of nitrogens with two attached hydrogens (primary N) is 1. The molecule has 1 unspecified atom stereocenters. The van der Waals surface area contributed by atoms with E-state index < -0.39 is 17.9 Å². The molecule has 0 saturated heterocycles. The van der Waals surface area contributed by atoms with Crippen molar-refractivity contribution in [1.82, 2.24) is 5.32 Å². The molecule has 0 aromatic heterocycles. The second-order valence-electron chi connectivity index (χ2n) is 4.92. The Morgan fingerprint density at radius 1 is 1.37 bits per heavy atom. The standard InChI is InChI=1S/C13H17BrN2O3/c1-13(2,8-3-5-9(14)6-4-8)7-16-11(17)10(15)12(18)19/h3-6,10H,7,15H2,1-2H3,(H,16,17)(H,18,19). The van der Waals surface area contributed by atoms with Gasteiger partial charge >= 0.3 is 5.97 Å². The maximum atomic E-state index is 11.5. The summed E-state index contributed by atoms with van der Waals surface area (Å²) in [5.41, 5.74) is 5.96. The van der Waals surface area contributed by atoms with Crippen LogP contribution in [0, 0.1) is 0 Å². The smallest absolute Gasteiger partial charge is 0.330 e. The summed E-state index contributed by atoms with van der Waals surface area (Å²) >= 11 is 3.36. The highest BCUT2D eigenvalue weighted by molar-refractivity contribution is 9.10. The Labute approximate surface area is 120 Å². The van der Waals surface area contributed by atoms with E-state index in [2.05, 4.69) is 21.2 Å². The summed E-state index contributed by atoms with van der Waals surface area (Å²) in [7, 11) is 0. The van der Waals surface area contributed by atoms with Gasteiger partial charge in [-0.25, -0.2) is 4.79 Å². The molecule has 0 aliphatic heterocycles. The first kappa shape index (κ1) is 15.7. The monoisotopic (exact) mass is 328 g/mol. The number of carbonyl (C=O) groups excluding carboxylic acids is 1. The van der Waals surface area contributed by atoms with E-state index in [4.69, 9.17) is 10.8 Å². The third-order valence-corrected chi connectivity index (χ3v) is 3.41. The first-order chi connectivity index (χ1) is 8.74. The molecule has 1 atom stereocenters. The summed E-state index contributed by atoms with van der Waals surface area (Å²) in [6.45, 7) is 4.24. The van der Waals surface area contributed by atoms with Crippen molar-refractivity contribution in [3.8, 4) is 0 Å². The van der Waals surface area contributed by atoms with Gasteiger partial charge in [-0.15, -0.1) is 0 Å². The number of benzene rings is 1. The van der Waals surface area contributed by atoms with Gasteiger partial charge in [0.25, 0.3) is 0 Å². The lowest BCUT2D eigenvalue weighted by atomic mass is 9.84. The summed E-state index contributed by atoms with van der Waals surface area (Å²) < 4.78 is 0.976. The van der Waals surface area contributed by atoms with Gasteiger partial charge in [0.2, 0.25) is 5.91 Å². The summed E-state index contributed by atoms with van der Waals surface area (Å²) in [6, 6.07) is 6.21. The number of halogens is 1. The first-order valence-electron chi connectivity index (χ1n) is 5.76. The third-order valence-electron chi connectivity index (χ3n) is 2.88. The minimum atomic E-state index is -1.53. The molecule has 1 aromatic carbocycles. The van der Waals surface area contributed by atoms with Crippen molar-refractivity contribution < 1.29 is 14.7 Å². The first-order valence-corrected chi connectivity index (χ1v) is 6.55. The van der Waals surface area contributed by atoms with Crippen LogP contribution in [0.4, 0.5) is 0 Å². The van der Waals surface area contributed by atoms with Crippen molar-refractivity contribution in [2.24, 2.45) is 5.73 Å². The van der Waals surface area contributed by atoms with Crippen molar-refractivity contribution in [2.75, 3.05) is 6.54 Å². The van der Waals surface area contributed by atoms with Crippen molar-refractivity contribution in [1.29, 1.82) is 0 Å². The lowest BCUT2D eigenvalue weighted by Gasteiger charge is -2.26. The van der Waals surface area contributed by atoms with E-state index in [0.29, 0.717) is 6.54 Å². The molecule has 1 aromatic rings. The molecule has 4 N–H and O–H groups in total. The molecule has 0 radical (unpaired) electrons. The zero-order valence-corrected chi connectivity index (χ0v) is 12.4. The number of nitrogens with one attached hydrogen (secondary N) is 1. The van der Waals surface area contributed by atoms with Gasteiger partial charge in [-0.05, 0) is 17.7 Å². The molecule has 19 heavy (non-hydrogen) atoms. The van der Waals surface area contributed by atoms with Crippen molar-refractivity contribution in [3.05, 3.63) is 34.3 Å². The molecular formula is C13H17BrN2O3. The lowest BCUT2D eigenvalue weighted by Crippen LogP contribution is -2.48. The largest absolute Gasteiger partial charge is 0.480 e. The van der Waals surface area contributed by atoms with Gasteiger partial charge < -0.3 is 16.2 Å².